The van der Waals surface area contributed by atoms with E-state index in [1.54, 1.807) is 7.11 Å². The second-order valence-electron chi connectivity index (χ2n) is 5.72. The third kappa shape index (κ3) is 4.29. The van der Waals surface area contributed by atoms with Gasteiger partial charge in [-0.05, 0) is 52.7 Å². The first kappa shape index (κ1) is 17.7. The van der Waals surface area contributed by atoms with Crippen LogP contribution >= 0.6 is 15.9 Å². The topological polar surface area (TPSA) is 86.5 Å². The van der Waals surface area contributed by atoms with E-state index in [0.29, 0.717) is 0 Å². The van der Waals surface area contributed by atoms with Gasteiger partial charge < -0.3 is 15.4 Å². The number of carbonyl (C=O) groups is 1. The van der Waals surface area contributed by atoms with E-state index in [9.17, 15) is 4.79 Å². The predicted octanol–water partition coefficient (Wildman–Crippen LogP) is 2.12. The summed E-state index contributed by atoms with van der Waals surface area (Å²) < 4.78 is 6.06. The summed E-state index contributed by atoms with van der Waals surface area (Å²) in [6.07, 6.45) is -0.337. The number of carbonyl (C=O) groups excluding carboxylic acids is 1. The molecule has 0 spiro atoms. The first-order valence-electron chi connectivity index (χ1n) is 7.80. The van der Waals surface area contributed by atoms with Crippen molar-refractivity contribution in [2.75, 3.05) is 17.7 Å². The lowest BCUT2D eigenvalue weighted by atomic mass is 10.2. The summed E-state index contributed by atoms with van der Waals surface area (Å²) in [7, 11) is 1.62. The number of hydrogen-bond donors (Lipinski definition) is 5. The molecule has 1 saturated heterocycles. The molecule has 25 heavy (non-hydrogen) atoms. The smallest absolute Gasteiger partial charge is 0.246 e. The van der Waals surface area contributed by atoms with Crippen molar-refractivity contribution in [2.45, 2.75) is 19.1 Å². The number of hydrazine groups is 2. The van der Waals surface area contributed by atoms with Crippen LogP contribution < -0.4 is 31.8 Å². The van der Waals surface area contributed by atoms with E-state index in [1.807, 2.05) is 49.4 Å². The number of anilines is 2. The summed E-state index contributed by atoms with van der Waals surface area (Å²) in [6.45, 7) is 2.00. The lowest BCUT2D eigenvalue weighted by molar-refractivity contribution is -0.118. The molecule has 0 aliphatic carbocycles. The zero-order valence-electron chi connectivity index (χ0n) is 13.9. The van der Waals surface area contributed by atoms with Crippen molar-refractivity contribution >= 4 is 33.2 Å². The van der Waals surface area contributed by atoms with Crippen LogP contribution in [-0.2, 0) is 4.79 Å². The summed E-state index contributed by atoms with van der Waals surface area (Å²) in [4.78, 5) is 12.6. The highest BCUT2D eigenvalue weighted by molar-refractivity contribution is 9.10. The Morgan fingerprint density at radius 3 is 2.80 bits per heavy atom. The van der Waals surface area contributed by atoms with Crippen LogP contribution in [0.15, 0.2) is 46.9 Å². The van der Waals surface area contributed by atoms with E-state index in [1.165, 1.54) is 0 Å². The van der Waals surface area contributed by atoms with Crippen LogP contribution in [0.4, 0.5) is 11.4 Å². The van der Waals surface area contributed by atoms with Crippen molar-refractivity contribution in [2.24, 2.45) is 0 Å². The molecule has 8 heteroatoms. The Labute approximate surface area is 154 Å². The van der Waals surface area contributed by atoms with Crippen molar-refractivity contribution < 1.29 is 9.53 Å². The Kier molecular flexibility index (Phi) is 5.54. The fraction of sp³-hybridized carbons (Fsp3) is 0.235. The van der Waals surface area contributed by atoms with Gasteiger partial charge in [-0.15, -0.1) is 0 Å². The minimum Gasteiger partial charge on any atom is -0.497 e. The molecule has 2 aromatic rings. The Balaban J connectivity index is 1.69. The van der Waals surface area contributed by atoms with Crippen molar-refractivity contribution in [3.05, 3.63) is 52.5 Å². The first-order valence-corrected chi connectivity index (χ1v) is 8.60. The number of ether oxygens (including phenoxy) is 1. The summed E-state index contributed by atoms with van der Waals surface area (Å²) in [5.41, 5.74) is 11.4. The van der Waals surface area contributed by atoms with Gasteiger partial charge in [-0.25, -0.2) is 10.9 Å². The molecule has 132 valence electrons. The van der Waals surface area contributed by atoms with Crippen LogP contribution in [0.25, 0.3) is 0 Å². The molecule has 2 unspecified atom stereocenters. The largest absolute Gasteiger partial charge is 0.497 e. The molecule has 3 rings (SSSR count). The molecule has 2 aromatic carbocycles. The van der Waals surface area contributed by atoms with Gasteiger partial charge in [-0.1, -0.05) is 12.1 Å². The maximum absolute atomic E-state index is 12.6. The SMILES string of the molecule is COc1cccc(NC2NNNC2C(=O)Nc2ccc(C)cc2Br)c1. The fourth-order valence-corrected chi connectivity index (χ4v) is 3.12. The maximum atomic E-state index is 12.6. The number of hydrogen-bond acceptors (Lipinski definition) is 6. The molecule has 1 aliphatic rings. The minimum atomic E-state index is -0.514. The predicted molar refractivity (Wildman–Crippen MR) is 101 cm³/mol. The highest BCUT2D eigenvalue weighted by Crippen LogP contribution is 2.24. The number of halogens is 1. The molecule has 1 fully saturated rings. The third-order valence-corrected chi connectivity index (χ3v) is 4.50. The quantitative estimate of drug-likeness (QED) is 0.523. The highest BCUT2D eigenvalue weighted by atomic mass is 79.9. The van der Waals surface area contributed by atoms with Gasteiger partial charge in [0.2, 0.25) is 5.91 Å². The van der Waals surface area contributed by atoms with Gasteiger partial charge in [-0.3, -0.25) is 4.79 Å². The number of nitrogens with one attached hydrogen (secondary N) is 5. The third-order valence-electron chi connectivity index (χ3n) is 3.85. The maximum Gasteiger partial charge on any atom is 0.246 e. The van der Waals surface area contributed by atoms with Crippen LogP contribution in [0.2, 0.25) is 0 Å². The molecular formula is C17H20BrN5O2. The van der Waals surface area contributed by atoms with Gasteiger partial charge >= 0.3 is 0 Å². The molecule has 0 aromatic heterocycles. The van der Waals surface area contributed by atoms with E-state index >= 15 is 0 Å². The van der Waals surface area contributed by atoms with E-state index in [0.717, 1.165) is 27.2 Å². The van der Waals surface area contributed by atoms with Crippen molar-refractivity contribution in [1.82, 2.24) is 16.4 Å². The second kappa shape index (κ2) is 7.83. The average molecular weight is 406 g/mol. The summed E-state index contributed by atoms with van der Waals surface area (Å²) in [5, 5.41) is 6.19. The Hall–Kier alpha value is -2.13. The number of benzene rings is 2. The van der Waals surface area contributed by atoms with Crippen molar-refractivity contribution in [3.63, 3.8) is 0 Å². The summed E-state index contributed by atoms with van der Waals surface area (Å²) >= 11 is 3.47. The molecule has 5 N–H and O–H groups in total. The normalized spacial score (nSPS) is 19.5. The van der Waals surface area contributed by atoms with Gasteiger partial charge in [0.15, 0.2) is 0 Å². The molecule has 7 nitrogen and oxygen atoms in total. The van der Waals surface area contributed by atoms with Crippen molar-refractivity contribution in [1.29, 1.82) is 0 Å². The zero-order chi connectivity index (χ0) is 17.8. The first-order chi connectivity index (χ1) is 12.1. The lowest BCUT2D eigenvalue weighted by Gasteiger charge is -2.20. The zero-order valence-corrected chi connectivity index (χ0v) is 15.5. The molecular weight excluding hydrogens is 386 g/mol. The Morgan fingerprint density at radius 1 is 1.20 bits per heavy atom. The van der Waals surface area contributed by atoms with Crippen LogP contribution in [0.5, 0.6) is 5.75 Å². The number of rotatable bonds is 5. The van der Waals surface area contributed by atoms with Gasteiger partial charge in [0.05, 0.1) is 12.8 Å². The number of amides is 1. The van der Waals surface area contributed by atoms with Gasteiger partial charge in [0.25, 0.3) is 0 Å². The van der Waals surface area contributed by atoms with Crippen LogP contribution in [-0.4, -0.2) is 25.2 Å². The van der Waals surface area contributed by atoms with Crippen molar-refractivity contribution in [3.8, 4) is 5.75 Å². The number of methoxy groups -OCH3 is 1. The van der Waals surface area contributed by atoms with Crippen LogP contribution in [0.3, 0.4) is 0 Å². The monoisotopic (exact) mass is 405 g/mol. The van der Waals surface area contributed by atoms with Gasteiger partial charge in [0.1, 0.15) is 18.0 Å². The molecule has 0 bridgehead atoms. The lowest BCUT2D eigenvalue weighted by Crippen LogP contribution is -2.48. The molecule has 1 aliphatic heterocycles. The minimum absolute atomic E-state index is 0.164. The van der Waals surface area contributed by atoms with E-state index in [2.05, 4.69) is 42.9 Å². The fourth-order valence-electron chi connectivity index (χ4n) is 2.52. The summed E-state index contributed by atoms with van der Waals surface area (Å²) in [6, 6.07) is 12.8. The molecule has 1 heterocycles. The average Bonchev–Trinajstić information content (AvgIpc) is 3.05. The number of aryl methyl sites for hydroxylation is 1. The Morgan fingerprint density at radius 2 is 2.04 bits per heavy atom. The molecule has 0 saturated carbocycles. The molecule has 0 radical (unpaired) electrons. The van der Waals surface area contributed by atoms with Gasteiger partial charge in [-0.2, -0.15) is 5.53 Å². The van der Waals surface area contributed by atoms with E-state index < -0.39 is 6.04 Å². The second-order valence-corrected chi connectivity index (χ2v) is 6.57. The Bertz CT molecular complexity index is 770. The van der Waals surface area contributed by atoms with E-state index in [4.69, 9.17) is 4.74 Å². The standard InChI is InChI=1S/C17H20BrN5O2/c1-10-6-7-14(13(18)8-10)20-17(24)15-16(22-23-21-15)19-11-4-3-5-12(9-11)25-2/h3-9,15-16,19,21-23H,1-2H3,(H,20,24). The van der Waals surface area contributed by atoms with Crippen LogP contribution in [0.1, 0.15) is 5.56 Å². The summed E-state index contributed by atoms with van der Waals surface area (Å²) in [5.74, 6) is 0.580. The van der Waals surface area contributed by atoms with Crippen LogP contribution in [0, 0.1) is 6.92 Å². The van der Waals surface area contributed by atoms with E-state index in [-0.39, 0.29) is 12.1 Å². The molecule has 2 atom stereocenters. The van der Waals surface area contributed by atoms with Gasteiger partial charge in [0, 0.05) is 16.2 Å². The molecule has 1 amide bonds. The highest BCUT2D eigenvalue weighted by Gasteiger charge is 2.33.